The molecule has 1 aromatic carbocycles. The molecular weight excluding hydrogens is 416 g/mol. The number of likely N-dealkylation sites (N-methyl/N-ethyl adjacent to an activating group) is 2. The number of pyridine rings is 2. The van der Waals surface area contributed by atoms with Gasteiger partial charge in [-0.25, -0.2) is 4.98 Å². The van der Waals surface area contributed by atoms with Gasteiger partial charge in [0, 0.05) is 51.2 Å². The number of hydrogen-bond acceptors (Lipinski definition) is 8. The fourth-order valence-electron chi connectivity index (χ4n) is 3.72. The SMILES string of the molecule is COc1cc(N(C)CCN(C)C)c(N)cc1Nc1cc(-c2nn(C)c3cccnc23)ccn1. The van der Waals surface area contributed by atoms with Crippen LogP contribution in [0.2, 0.25) is 0 Å². The van der Waals surface area contributed by atoms with Crippen LogP contribution in [0.15, 0.2) is 48.8 Å². The van der Waals surface area contributed by atoms with Crippen LogP contribution in [0.5, 0.6) is 5.75 Å². The molecule has 3 aromatic heterocycles. The van der Waals surface area contributed by atoms with E-state index in [1.165, 1.54) is 0 Å². The summed E-state index contributed by atoms with van der Waals surface area (Å²) in [6.07, 6.45) is 3.53. The summed E-state index contributed by atoms with van der Waals surface area (Å²) in [4.78, 5) is 13.3. The fraction of sp³-hybridized carbons (Fsp3) is 0.292. The number of ether oxygens (including phenoxy) is 1. The Morgan fingerprint density at radius 3 is 2.64 bits per heavy atom. The summed E-state index contributed by atoms with van der Waals surface area (Å²) >= 11 is 0. The number of aromatic nitrogens is 4. The molecule has 0 bridgehead atoms. The molecule has 0 radical (unpaired) electrons. The topological polar surface area (TPSA) is 97.4 Å². The van der Waals surface area contributed by atoms with E-state index in [1.54, 1.807) is 19.5 Å². The third-order valence-corrected chi connectivity index (χ3v) is 5.55. The molecule has 0 aliphatic heterocycles. The molecule has 172 valence electrons. The highest BCUT2D eigenvalue weighted by atomic mass is 16.5. The molecule has 3 N–H and O–H groups in total. The van der Waals surface area contributed by atoms with Crippen LogP contribution >= 0.6 is 0 Å². The van der Waals surface area contributed by atoms with E-state index in [9.17, 15) is 0 Å². The third-order valence-electron chi connectivity index (χ3n) is 5.55. The van der Waals surface area contributed by atoms with Gasteiger partial charge in [-0.1, -0.05) is 0 Å². The second-order valence-corrected chi connectivity index (χ2v) is 8.23. The molecule has 33 heavy (non-hydrogen) atoms. The van der Waals surface area contributed by atoms with E-state index in [2.05, 4.69) is 44.3 Å². The summed E-state index contributed by atoms with van der Waals surface area (Å²) < 4.78 is 7.49. The maximum Gasteiger partial charge on any atom is 0.144 e. The quantitative estimate of drug-likeness (QED) is 0.398. The Balaban J connectivity index is 1.63. The van der Waals surface area contributed by atoms with E-state index < -0.39 is 0 Å². The molecule has 4 aromatic rings. The van der Waals surface area contributed by atoms with Crippen molar-refractivity contribution >= 4 is 33.9 Å². The van der Waals surface area contributed by atoms with Crippen LogP contribution in [-0.2, 0) is 7.05 Å². The lowest BCUT2D eigenvalue weighted by Gasteiger charge is -2.24. The van der Waals surface area contributed by atoms with Crippen molar-refractivity contribution < 1.29 is 4.74 Å². The number of hydrogen-bond donors (Lipinski definition) is 2. The standard InChI is InChI=1S/C24H30N8O/c1-30(2)11-12-31(3)20-15-21(33-5)18(14-17(20)25)28-22-13-16(8-10-26-22)23-24-19(32(4)29-23)7-6-9-27-24/h6-10,13-15H,11-12,25H2,1-5H3,(H,26,28). The van der Waals surface area contributed by atoms with Crippen LogP contribution < -0.4 is 20.7 Å². The molecule has 0 spiro atoms. The predicted octanol–water partition coefficient (Wildman–Crippen LogP) is 3.36. The minimum Gasteiger partial charge on any atom is -0.494 e. The van der Waals surface area contributed by atoms with Gasteiger partial charge in [0.1, 0.15) is 22.8 Å². The van der Waals surface area contributed by atoms with Crippen molar-refractivity contribution in [3.63, 3.8) is 0 Å². The molecule has 0 atom stereocenters. The molecule has 0 aliphatic rings. The largest absolute Gasteiger partial charge is 0.494 e. The first-order chi connectivity index (χ1) is 15.9. The van der Waals surface area contributed by atoms with Gasteiger partial charge in [0.2, 0.25) is 0 Å². The predicted molar refractivity (Wildman–Crippen MR) is 134 cm³/mol. The summed E-state index contributed by atoms with van der Waals surface area (Å²) in [5, 5.41) is 8.01. The molecule has 9 heteroatoms. The molecule has 0 saturated carbocycles. The number of benzene rings is 1. The van der Waals surface area contributed by atoms with Crippen molar-refractivity contribution in [2.24, 2.45) is 7.05 Å². The van der Waals surface area contributed by atoms with Gasteiger partial charge >= 0.3 is 0 Å². The summed E-state index contributed by atoms with van der Waals surface area (Å²) in [5.41, 5.74) is 12.3. The number of fused-ring (bicyclic) bond motifs is 1. The van der Waals surface area contributed by atoms with Crippen molar-refractivity contribution in [2.45, 2.75) is 0 Å². The van der Waals surface area contributed by atoms with Crippen molar-refractivity contribution in [3.8, 4) is 17.0 Å². The summed E-state index contributed by atoms with van der Waals surface area (Å²) in [6.45, 7) is 1.77. The second-order valence-electron chi connectivity index (χ2n) is 8.23. The van der Waals surface area contributed by atoms with Gasteiger partial charge in [-0.05, 0) is 44.4 Å². The van der Waals surface area contributed by atoms with E-state index in [-0.39, 0.29) is 0 Å². The molecule has 0 unspecified atom stereocenters. The Hall–Kier alpha value is -3.85. The van der Waals surface area contributed by atoms with Crippen molar-refractivity contribution in [3.05, 3.63) is 48.8 Å². The number of nitrogens with zero attached hydrogens (tertiary/aromatic N) is 6. The molecule has 9 nitrogen and oxygen atoms in total. The molecule has 0 aliphatic carbocycles. The Bertz CT molecular complexity index is 1270. The van der Waals surface area contributed by atoms with E-state index in [0.717, 1.165) is 46.8 Å². The van der Waals surface area contributed by atoms with E-state index in [0.29, 0.717) is 17.3 Å². The molecule has 0 fully saturated rings. The molecule has 3 heterocycles. The van der Waals surface area contributed by atoms with Crippen molar-refractivity contribution in [2.75, 3.05) is 57.3 Å². The number of nitrogens with one attached hydrogen (secondary N) is 1. The van der Waals surface area contributed by atoms with Gasteiger partial charge in [0.15, 0.2) is 0 Å². The first kappa shape index (κ1) is 22.3. The highest BCUT2D eigenvalue weighted by Crippen LogP contribution is 2.37. The maximum atomic E-state index is 6.40. The van der Waals surface area contributed by atoms with Crippen molar-refractivity contribution in [1.82, 2.24) is 24.6 Å². The van der Waals surface area contributed by atoms with Crippen LogP contribution in [0, 0.1) is 0 Å². The number of rotatable bonds is 8. The Labute approximate surface area is 193 Å². The zero-order chi connectivity index (χ0) is 23.5. The minimum atomic E-state index is 0.661. The summed E-state index contributed by atoms with van der Waals surface area (Å²) in [6, 6.07) is 11.6. The first-order valence-electron chi connectivity index (χ1n) is 10.7. The number of nitrogen functional groups attached to an aromatic ring is 1. The molecule has 0 saturated heterocycles. The van der Waals surface area contributed by atoms with Crippen LogP contribution in [-0.4, -0.2) is 66.0 Å². The average Bonchev–Trinajstić information content (AvgIpc) is 3.14. The van der Waals surface area contributed by atoms with Gasteiger partial charge in [-0.2, -0.15) is 5.10 Å². The van der Waals surface area contributed by atoms with Gasteiger partial charge in [0.05, 0.1) is 29.7 Å². The van der Waals surface area contributed by atoms with Gasteiger partial charge in [-0.15, -0.1) is 0 Å². The van der Waals surface area contributed by atoms with E-state index in [4.69, 9.17) is 10.5 Å². The number of methoxy groups -OCH3 is 1. The monoisotopic (exact) mass is 446 g/mol. The normalized spacial score (nSPS) is 11.2. The third kappa shape index (κ3) is 4.68. The summed E-state index contributed by atoms with van der Waals surface area (Å²) in [5.74, 6) is 1.35. The summed E-state index contributed by atoms with van der Waals surface area (Å²) in [7, 11) is 9.69. The van der Waals surface area contributed by atoms with E-state index in [1.807, 2.05) is 55.2 Å². The van der Waals surface area contributed by atoms with Gasteiger partial charge < -0.3 is 25.6 Å². The second kappa shape index (κ2) is 9.33. The lowest BCUT2D eigenvalue weighted by atomic mass is 10.1. The van der Waals surface area contributed by atoms with Crippen LogP contribution in [0.4, 0.5) is 22.9 Å². The van der Waals surface area contributed by atoms with E-state index >= 15 is 0 Å². The highest BCUT2D eigenvalue weighted by Gasteiger charge is 2.15. The number of anilines is 4. The Morgan fingerprint density at radius 2 is 1.88 bits per heavy atom. The Morgan fingerprint density at radius 1 is 1.06 bits per heavy atom. The Kier molecular flexibility index (Phi) is 6.32. The average molecular weight is 447 g/mol. The van der Waals surface area contributed by atoms with Crippen LogP contribution in [0.25, 0.3) is 22.3 Å². The minimum absolute atomic E-state index is 0.661. The van der Waals surface area contributed by atoms with Gasteiger partial charge in [0.25, 0.3) is 0 Å². The van der Waals surface area contributed by atoms with Gasteiger partial charge in [-0.3, -0.25) is 9.67 Å². The molecule has 4 rings (SSSR count). The number of nitrogens with two attached hydrogens (primary N) is 1. The lowest BCUT2D eigenvalue weighted by Crippen LogP contribution is -2.29. The smallest absolute Gasteiger partial charge is 0.144 e. The van der Waals surface area contributed by atoms with Crippen LogP contribution in [0.3, 0.4) is 0 Å². The zero-order valence-electron chi connectivity index (χ0n) is 19.7. The zero-order valence-corrected chi connectivity index (χ0v) is 19.7. The van der Waals surface area contributed by atoms with Crippen LogP contribution in [0.1, 0.15) is 0 Å². The highest BCUT2D eigenvalue weighted by molar-refractivity contribution is 5.90. The van der Waals surface area contributed by atoms with Crippen molar-refractivity contribution in [1.29, 1.82) is 0 Å². The lowest BCUT2D eigenvalue weighted by molar-refractivity contribution is 0.413. The first-order valence-corrected chi connectivity index (χ1v) is 10.7. The molecule has 0 amide bonds. The number of aryl methyl sites for hydroxylation is 1. The molecular formula is C24H30N8O. The maximum absolute atomic E-state index is 6.40. The fourth-order valence-corrected chi connectivity index (χ4v) is 3.72.